The van der Waals surface area contributed by atoms with Gasteiger partial charge < -0.3 is 24.4 Å². The van der Waals surface area contributed by atoms with Gasteiger partial charge in [-0.1, -0.05) is 0 Å². The third-order valence-corrected chi connectivity index (χ3v) is 3.94. The topological polar surface area (TPSA) is 71.0 Å². The van der Waals surface area contributed by atoms with E-state index in [0.717, 1.165) is 19.6 Å². The van der Waals surface area contributed by atoms with E-state index in [1.54, 1.807) is 0 Å². The highest BCUT2D eigenvalue weighted by atomic mass is 16.5. The van der Waals surface area contributed by atoms with Gasteiger partial charge in [0.25, 0.3) is 0 Å². The predicted molar refractivity (Wildman–Crippen MR) is 78.6 cm³/mol. The zero-order valence-electron chi connectivity index (χ0n) is 13.1. The molecule has 0 radical (unpaired) electrons. The van der Waals surface area contributed by atoms with Crippen LogP contribution < -0.4 is 9.47 Å². The Labute approximate surface area is 125 Å². The Balaban J connectivity index is 2.10. The van der Waals surface area contributed by atoms with Crippen LogP contribution in [0.3, 0.4) is 0 Å². The fourth-order valence-electron chi connectivity index (χ4n) is 2.57. The molecule has 1 saturated heterocycles. The Hall–Kier alpha value is -1.44. The molecular formula is C14H24N4O3. The van der Waals surface area contributed by atoms with Crippen LogP contribution in [0.25, 0.3) is 0 Å². The zero-order valence-corrected chi connectivity index (χ0v) is 13.1. The average molecular weight is 296 g/mol. The summed E-state index contributed by atoms with van der Waals surface area (Å²) in [6.07, 6.45) is 1.38. The van der Waals surface area contributed by atoms with Crippen LogP contribution in [0.1, 0.15) is 18.2 Å². The summed E-state index contributed by atoms with van der Waals surface area (Å²) in [7, 11) is 7.22. The van der Waals surface area contributed by atoms with Crippen molar-refractivity contribution in [2.75, 3.05) is 47.9 Å². The lowest BCUT2D eigenvalue weighted by Crippen LogP contribution is -2.50. The minimum atomic E-state index is -0.711. The molecule has 118 valence electrons. The van der Waals surface area contributed by atoms with E-state index in [1.807, 2.05) is 0 Å². The zero-order chi connectivity index (χ0) is 15.4. The summed E-state index contributed by atoms with van der Waals surface area (Å²) in [6, 6.07) is 0.285. The molecule has 1 aromatic rings. The van der Waals surface area contributed by atoms with Gasteiger partial charge in [-0.25, -0.2) is 4.98 Å². The molecule has 2 heterocycles. The molecule has 1 aliphatic rings. The van der Waals surface area contributed by atoms with Crippen molar-refractivity contribution in [2.24, 2.45) is 0 Å². The van der Waals surface area contributed by atoms with Crippen molar-refractivity contribution in [3.8, 4) is 11.8 Å². The molecule has 21 heavy (non-hydrogen) atoms. The van der Waals surface area contributed by atoms with E-state index in [9.17, 15) is 5.11 Å². The monoisotopic (exact) mass is 296 g/mol. The number of aromatic nitrogens is 2. The third kappa shape index (κ3) is 3.81. The van der Waals surface area contributed by atoms with Gasteiger partial charge in [0.05, 0.1) is 20.4 Å². The number of hydrogen-bond donors (Lipinski definition) is 1. The van der Waals surface area contributed by atoms with Crippen molar-refractivity contribution < 1.29 is 14.6 Å². The molecule has 7 nitrogen and oxygen atoms in total. The molecule has 0 aliphatic carbocycles. The average Bonchev–Trinajstić information content (AvgIpc) is 2.50. The van der Waals surface area contributed by atoms with Gasteiger partial charge in [0.1, 0.15) is 11.8 Å². The molecule has 2 rings (SSSR count). The maximum absolute atomic E-state index is 10.5. The highest BCUT2D eigenvalue weighted by molar-refractivity contribution is 5.24. The Kier molecular flexibility index (Phi) is 5.33. The third-order valence-electron chi connectivity index (χ3n) is 3.94. The van der Waals surface area contributed by atoms with Crippen LogP contribution >= 0.6 is 0 Å². The number of likely N-dealkylation sites (N-methyl/N-ethyl adjacent to an activating group) is 2. The largest absolute Gasteiger partial charge is 0.480 e. The summed E-state index contributed by atoms with van der Waals surface area (Å²) in [5.41, 5.74) is 0.458. The Morgan fingerprint density at radius 2 is 2.10 bits per heavy atom. The highest BCUT2D eigenvalue weighted by Gasteiger charge is 2.27. The number of aliphatic hydroxyl groups excluding tert-OH is 1. The second kappa shape index (κ2) is 7.02. The van der Waals surface area contributed by atoms with Gasteiger partial charge in [0.15, 0.2) is 0 Å². The molecule has 1 fully saturated rings. The van der Waals surface area contributed by atoms with Gasteiger partial charge in [-0.2, -0.15) is 4.98 Å². The second-order valence-corrected chi connectivity index (χ2v) is 5.46. The van der Waals surface area contributed by atoms with E-state index in [1.165, 1.54) is 20.4 Å². The van der Waals surface area contributed by atoms with Gasteiger partial charge in [-0.15, -0.1) is 0 Å². The van der Waals surface area contributed by atoms with E-state index >= 15 is 0 Å². The molecule has 0 amide bonds. The Morgan fingerprint density at radius 1 is 1.33 bits per heavy atom. The molecule has 0 aromatic carbocycles. The van der Waals surface area contributed by atoms with Crippen LogP contribution in [0.15, 0.2) is 6.20 Å². The quantitative estimate of drug-likeness (QED) is 0.830. The summed E-state index contributed by atoms with van der Waals surface area (Å²) >= 11 is 0. The predicted octanol–water partition coefficient (Wildman–Crippen LogP) is 0.163. The molecular weight excluding hydrogens is 272 g/mol. The normalized spacial score (nSPS) is 22.0. The van der Waals surface area contributed by atoms with Crippen LogP contribution in [-0.4, -0.2) is 78.9 Å². The van der Waals surface area contributed by atoms with Crippen LogP contribution in [0.2, 0.25) is 0 Å². The fraction of sp³-hybridized carbons (Fsp3) is 0.714. The van der Waals surface area contributed by atoms with Crippen molar-refractivity contribution in [3.05, 3.63) is 11.9 Å². The molecule has 2 atom stereocenters. The molecule has 0 saturated carbocycles. The summed E-state index contributed by atoms with van der Waals surface area (Å²) in [5.74, 6) is 0.686. The Morgan fingerprint density at radius 3 is 2.76 bits per heavy atom. The summed E-state index contributed by atoms with van der Waals surface area (Å²) in [6.45, 7) is 2.98. The van der Waals surface area contributed by atoms with E-state index in [2.05, 4.69) is 33.9 Å². The minimum Gasteiger partial charge on any atom is -0.480 e. The van der Waals surface area contributed by atoms with E-state index in [-0.39, 0.29) is 6.04 Å². The molecule has 1 aromatic heterocycles. The number of rotatable bonds is 5. The lowest BCUT2D eigenvalue weighted by molar-refractivity contribution is 0.0605. The van der Waals surface area contributed by atoms with Crippen LogP contribution in [-0.2, 0) is 0 Å². The molecule has 7 heteroatoms. The Bertz CT molecular complexity index is 472. The maximum Gasteiger partial charge on any atom is 0.241 e. The highest BCUT2D eigenvalue weighted by Crippen LogP contribution is 2.27. The molecule has 0 spiro atoms. The van der Waals surface area contributed by atoms with Crippen molar-refractivity contribution in [1.82, 2.24) is 19.8 Å². The number of aliphatic hydroxyl groups is 1. The molecule has 1 N–H and O–H groups in total. The van der Waals surface area contributed by atoms with Crippen molar-refractivity contribution in [1.29, 1.82) is 0 Å². The summed E-state index contributed by atoms with van der Waals surface area (Å²) in [4.78, 5) is 12.9. The molecule has 2 unspecified atom stereocenters. The van der Waals surface area contributed by atoms with Crippen molar-refractivity contribution >= 4 is 0 Å². The molecule has 1 aliphatic heterocycles. The molecule has 0 bridgehead atoms. The first-order chi connectivity index (χ1) is 10.0. The second-order valence-electron chi connectivity index (χ2n) is 5.46. The first kappa shape index (κ1) is 15.9. The lowest BCUT2D eigenvalue weighted by Gasteiger charge is -2.38. The van der Waals surface area contributed by atoms with E-state index in [0.29, 0.717) is 23.9 Å². The van der Waals surface area contributed by atoms with Gasteiger partial charge >= 0.3 is 0 Å². The van der Waals surface area contributed by atoms with Gasteiger partial charge in [0.2, 0.25) is 11.8 Å². The fourth-order valence-corrected chi connectivity index (χ4v) is 2.57. The van der Waals surface area contributed by atoms with Crippen LogP contribution in [0.4, 0.5) is 0 Å². The van der Waals surface area contributed by atoms with Crippen molar-refractivity contribution in [2.45, 2.75) is 18.6 Å². The minimum absolute atomic E-state index is 0.285. The SMILES string of the molecule is COc1cnc(C(O)CC2CN(C)CCN2C)c(OC)n1. The smallest absolute Gasteiger partial charge is 0.241 e. The number of hydrogen-bond acceptors (Lipinski definition) is 7. The van der Waals surface area contributed by atoms with Gasteiger partial charge in [0, 0.05) is 25.7 Å². The van der Waals surface area contributed by atoms with E-state index < -0.39 is 6.10 Å². The standard InChI is InChI=1S/C14H24N4O3/c1-17-5-6-18(2)10(9-17)7-11(19)13-14(21-4)16-12(20-3)8-15-13/h8,10-11,19H,5-7,9H2,1-4H3. The number of methoxy groups -OCH3 is 2. The number of piperazine rings is 1. The van der Waals surface area contributed by atoms with Crippen LogP contribution in [0.5, 0.6) is 11.8 Å². The number of nitrogens with zero attached hydrogens (tertiary/aromatic N) is 4. The van der Waals surface area contributed by atoms with Crippen molar-refractivity contribution in [3.63, 3.8) is 0 Å². The lowest BCUT2D eigenvalue weighted by atomic mass is 10.0. The van der Waals surface area contributed by atoms with Crippen LogP contribution in [0, 0.1) is 0 Å². The summed E-state index contributed by atoms with van der Waals surface area (Å²) in [5, 5.41) is 10.5. The summed E-state index contributed by atoms with van der Waals surface area (Å²) < 4.78 is 10.2. The van der Waals surface area contributed by atoms with E-state index in [4.69, 9.17) is 9.47 Å². The first-order valence-electron chi connectivity index (χ1n) is 7.07. The van der Waals surface area contributed by atoms with Gasteiger partial charge in [-0.05, 0) is 20.5 Å². The van der Waals surface area contributed by atoms with Gasteiger partial charge in [-0.3, -0.25) is 0 Å². The first-order valence-corrected chi connectivity index (χ1v) is 7.07. The maximum atomic E-state index is 10.5. The number of ether oxygens (including phenoxy) is 2.